The quantitative estimate of drug-likeness (QED) is 0.156. The fourth-order valence-corrected chi connectivity index (χ4v) is 3.58. The van der Waals surface area contributed by atoms with Crippen LogP contribution in [-0.4, -0.2) is 34.8 Å². The summed E-state index contributed by atoms with van der Waals surface area (Å²) in [7, 11) is 0. The van der Waals surface area contributed by atoms with Gasteiger partial charge in [0, 0.05) is 34.3 Å². The molecule has 0 radical (unpaired) electrons. The van der Waals surface area contributed by atoms with Crippen molar-refractivity contribution in [3.63, 3.8) is 0 Å². The molecule has 0 saturated carbocycles. The van der Waals surface area contributed by atoms with Crippen LogP contribution in [0.3, 0.4) is 0 Å². The van der Waals surface area contributed by atoms with E-state index in [0.717, 1.165) is 0 Å². The summed E-state index contributed by atoms with van der Waals surface area (Å²) in [5.41, 5.74) is 1.37. The monoisotopic (exact) mass is 494 g/mol. The van der Waals surface area contributed by atoms with Crippen molar-refractivity contribution in [1.82, 2.24) is 10.6 Å². The average Bonchev–Trinajstić information content (AvgIpc) is 2.67. The average molecular weight is 495 g/mol. The predicted octanol–water partition coefficient (Wildman–Crippen LogP) is 5.59. The second-order valence-electron chi connectivity index (χ2n) is 5.57. The number of thiocarbonyl (C=S) groups is 2. The number of thioether (sulfide) groups is 2. The van der Waals surface area contributed by atoms with Gasteiger partial charge in [-0.1, -0.05) is 23.5 Å². The van der Waals surface area contributed by atoms with Gasteiger partial charge in [0.2, 0.25) is 0 Å². The molecular formula is C18H18F4N4S4. The molecule has 0 saturated heterocycles. The lowest BCUT2D eigenvalue weighted by atomic mass is 10.3. The van der Waals surface area contributed by atoms with E-state index in [2.05, 4.69) is 21.3 Å². The van der Waals surface area contributed by atoms with E-state index >= 15 is 0 Å². The Bertz CT molecular complexity index is 750. The Hall–Kier alpha value is -1.76. The third kappa shape index (κ3) is 9.83. The molecule has 0 aliphatic heterocycles. The van der Waals surface area contributed by atoms with Crippen molar-refractivity contribution >= 4 is 69.6 Å². The molecule has 0 aliphatic rings. The van der Waals surface area contributed by atoms with E-state index in [1.807, 2.05) is 0 Å². The number of hydrogen-bond donors (Lipinski definition) is 4. The van der Waals surface area contributed by atoms with Gasteiger partial charge in [0.25, 0.3) is 11.5 Å². The number of anilines is 2. The molecule has 0 heterocycles. The molecule has 4 N–H and O–H groups in total. The van der Waals surface area contributed by atoms with Gasteiger partial charge in [0.1, 0.15) is 0 Å². The summed E-state index contributed by atoms with van der Waals surface area (Å²) in [6, 6.07) is 13.0. The summed E-state index contributed by atoms with van der Waals surface area (Å²) in [4.78, 5) is 0.948. The van der Waals surface area contributed by atoms with Gasteiger partial charge < -0.3 is 21.3 Å². The minimum atomic E-state index is -2.46. The van der Waals surface area contributed by atoms with Crippen LogP contribution in [0.15, 0.2) is 58.3 Å². The predicted molar refractivity (Wildman–Crippen MR) is 125 cm³/mol. The minimum absolute atomic E-state index is 0.386. The van der Waals surface area contributed by atoms with Crippen molar-refractivity contribution in [1.29, 1.82) is 0 Å². The minimum Gasteiger partial charge on any atom is -0.361 e. The topological polar surface area (TPSA) is 48.1 Å². The molecule has 2 aromatic rings. The van der Waals surface area contributed by atoms with Crippen LogP contribution in [0.2, 0.25) is 0 Å². The van der Waals surface area contributed by atoms with E-state index in [-0.39, 0.29) is 0 Å². The van der Waals surface area contributed by atoms with Crippen LogP contribution >= 0.6 is 48.0 Å². The molecule has 2 aromatic carbocycles. The lowest BCUT2D eigenvalue weighted by Gasteiger charge is -2.13. The highest BCUT2D eigenvalue weighted by Crippen LogP contribution is 2.27. The second kappa shape index (κ2) is 12.8. The molecule has 0 spiro atoms. The van der Waals surface area contributed by atoms with Crippen LogP contribution in [0, 0.1) is 0 Å². The lowest BCUT2D eigenvalue weighted by Crippen LogP contribution is -2.38. The summed E-state index contributed by atoms with van der Waals surface area (Å²) in [5.74, 6) is -4.91. The first kappa shape index (κ1) is 24.5. The molecule has 0 atom stereocenters. The van der Waals surface area contributed by atoms with E-state index in [9.17, 15) is 17.6 Å². The largest absolute Gasteiger partial charge is 0.361 e. The molecule has 12 heteroatoms. The van der Waals surface area contributed by atoms with E-state index in [1.54, 1.807) is 48.5 Å². The highest BCUT2D eigenvalue weighted by molar-refractivity contribution is 7.99. The third-order valence-corrected chi connectivity index (χ3v) is 5.31. The summed E-state index contributed by atoms with van der Waals surface area (Å²) in [6.07, 6.45) is 0. The highest BCUT2D eigenvalue weighted by atomic mass is 32.2. The zero-order chi connectivity index (χ0) is 21.9. The SMILES string of the molecule is FC(F)Sc1ccc(NC(=S)NCCNC(=S)Nc2ccc(SC(F)F)cc2)cc1. The molecule has 162 valence electrons. The first-order valence-electron chi connectivity index (χ1n) is 8.51. The molecule has 0 aliphatic carbocycles. The fourth-order valence-electron chi connectivity index (χ4n) is 2.14. The molecule has 0 bridgehead atoms. The maximum atomic E-state index is 12.3. The smallest absolute Gasteiger partial charge is 0.288 e. The van der Waals surface area contributed by atoms with Crippen molar-refractivity contribution in [2.24, 2.45) is 0 Å². The van der Waals surface area contributed by atoms with Crippen molar-refractivity contribution in [3.05, 3.63) is 48.5 Å². The van der Waals surface area contributed by atoms with Gasteiger partial charge in [-0.2, -0.15) is 17.6 Å². The summed E-state index contributed by atoms with van der Waals surface area (Å²) < 4.78 is 49.2. The number of nitrogens with one attached hydrogen (secondary N) is 4. The normalized spacial score (nSPS) is 10.7. The van der Waals surface area contributed by atoms with Crippen molar-refractivity contribution in [3.8, 4) is 0 Å². The van der Waals surface area contributed by atoms with Gasteiger partial charge in [0.15, 0.2) is 10.2 Å². The fraction of sp³-hybridized carbons (Fsp3) is 0.222. The van der Waals surface area contributed by atoms with Gasteiger partial charge in [-0.3, -0.25) is 0 Å². The molecule has 4 nitrogen and oxygen atoms in total. The first-order valence-corrected chi connectivity index (χ1v) is 11.1. The summed E-state index contributed by atoms with van der Waals surface area (Å²) in [6.45, 7) is 0.966. The molecule has 0 aromatic heterocycles. The number of alkyl halides is 4. The van der Waals surface area contributed by atoms with Gasteiger partial charge in [0.05, 0.1) is 0 Å². The van der Waals surface area contributed by atoms with E-state index in [1.165, 1.54) is 0 Å². The first-order chi connectivity index (χ1) is 14.3. The number of halogens is 4. The summed E-state index contributed by atoms with van der Waals surface area (Å²) >= 11 is 11.3. The van der Waals surface area contributed by atoms with Gasteiger partial charge in [-0.15, -0.1) is 0 Å². The number of benzene rings is 2. The van der Waals surface area contributed by atoms with Crippen LogP contribution in [0.1, 0.15) is 0 Å². The standard InChI is InChI=1S/C18H18F4N4S4/c19-15(20)29-13-5-1-11(2-6-13)25-17(27)23-9-10-24-18(28)26-12-3-7-14(8-4-12)30-16(21)22/h1-8,15-16H,9-10H2,(H2,23,25,27)(H2,24,26,28). The van der Waals surface area contributed by atoms with Crippen LogP contribution in [-0.2, 0) is 0 Å². The van der Waals surface area contributed by atoms with Crippen molar-refractivity contribution in [2.45, 2.75) is 21.3 Å². The van der Waals surface area contributed by atoms with Gasteiger partial charge in [-0.05, 0) is 73.0 Å². The number of hydrogen-bond acceptors (Lipinski definition) is 4. The Morgan fingerprint density at radius 1 is 0.667 bits per heavy atom. The zero-order valence-electron chi connectivity index (χ0n) is 15.3. The van der Waals surface area contributed by atoms with Gasteiger partial charge >= 0.3 is 0 Å². The van der Waals surface area contributed by atoms with E-state index < -0.39 is 11.5 Å². The zero-order valence-corrected chi connectivity index (χ0v) is 18.6. The van der Waals surface area contributed by atoms with Crippen LogP contribution < -0.4 is 21.3 Å². The van der Waals surface area contributed by atoms with Crippen molar-refractivity contribution < 1.29 is 17.6 Å². The summed E-state index contributed by atoms with van der Waals surface area (Å²) in [5, 5.41) is 12.7. The molecule has 2 rings (SSSR count). The Balaban J connectivity index is 1.64. The Morgan fingerprint density at radius 2 is 1.00 bits per heavy atom. The lowest BCUT2D eigenvalue weighted by molar-refractivity contribution is 0.251. The van der Waals surface area contributed by atoms with Gasteiger partial charge in [-0.25, -0.2) is 0 Å². The maximum Gasteiger partial charge on any atom is 0.288 e. The Morgan fingerprint density at radius 3 is 1.30 bits per heavy atom. The molecule has 30 heavy (non-hydrogen) atoms. The van der Waals surface area contributed by atoms with Crippen LogP contribution in [0.5, 0.6) is 0 Å². The third-order valence-electron chi connectivity index (χ3n) is 3.37. The van der Waals surface area contributed by atoms with E-state index in [0.29, 0.717) is 68.0 Å². The molecule has 0 fully saturated rings. The highest BCUT2D eigenvalue weighted by Gasteiger charge is 2.06. The molecular weight excluding hydrogens is 476 g/mol. The second-order valence-corrected chi connectivity index (χ2v) is 8.51. The number of rotatable bonds is 9. The molecule has 0 amide bonds. The maximum absolute atomic E-state index is 12.3. The van der Waals surface area contributed by atoms with E-state index in [4.69, 9.17) is 24.4 Å². The van der Waals surface area contributed by atoms with Crippen LogP contribution in [0.25, 0.3) is 0 Å². The Kier molecular flexibility index (Phi) is 10.5. The molecule has 0 unspecified atom stereocenters. The van der Waals surface area contributed by atoms with Crippen LogP contribution in [0.4, 0.5) is 28.9 Å². The van der Waals surface area contributed by atoms with Crippen molar-refractivity contribution in [2.75, 3.05) is 23.7 Å². The Labute approximate surface area is 191 Å².